The molecule has 3 heterocycles. The molecule has 4 rings (SSSR count). The number of nitrogens with one attached hydrogen (secondary N) is 2. The van der Waals surface area contributed by atoms with Gasteiger partial charge in [-0.25, -0.2) is 18.4 Å². The van der Waals surface area contributed by atoms with Crippen molar-refractivity contribution in [3.8, 4) is 0 Å². The van der Waals surface area contributed by atoms with Crippen LogP contribution in [-0.2, 0) is 16.0 Å². The summed E-state index contributed by atoms with van der Waals surface area (Å²) in [5, 5.41) is 9.26. The van der Waals surface area contributed by atoms with E-state index in [0.717, 1.165) is 31.2 Å². The minimum absolute atomic E-state index is 0.0165. The first-order valence-electron chi connectivity index (χ1n) is 9.78. The summed E-state index contributed by atoms with van der Waals surface area (Å²) in [7, 11) is 0. The molecular formula is C19H23F2N5O3. The molecule has 10 heteroatoms. The summed E-state index contributed by atoms with van der Waals surface area (Å²) >= 11 is 0. The predicted octanol–water partition coefficient (Wildman–Crippen LogP) is 1.86. The maximum Gasteiger partial charge on any atom is 0.291 e. The van der Waals surface area contributed by atoms with Crippen LogP contribution in [0.1, 0.15) is 55.6 Å². The average molecular weight is 407 g/mol. The third-order valence-corrected chi connectivity index (χ3v) is 5.41. The second-order valence-electron chi connectivity index (χ2n) is 7.86. The molecular weight excluding hydrogens is 384 g/mol. The van der Waals surface area contributed by atoms with Gasteiger partial charge in [-0.15, -0.1) is 5.10 Å². The van der Waals surface area contributed by atoms with Crippen LogP contribution in [0.5, 0.6) is 0 Å². The number of hydrogen-bond acceptors (Lipinski definition) is 5. The smallest absolute Gasteiger partial charge is 0.291 e. The molecule has 1 aromatic rings. The third-order valence-electron chi connectivity index (χ3n) is 5.41. The maximum atomic E-state index is 14.0. The Morgan fingerprint density at radius 2 is 2.24 bits per heavy atom. The number of hydrogen-bond donors (Lipinski definition) is 2. The summed E-state index contributed by atoms with van der Waals surface area (Å²) in [4.78, 5) is 29.4. The topological polar surface area (TPSA) is 98.1 Å². The van der Waals surface area contributed by atoms with E-state index < -0.39 is 29.9 Å². The molecule has 0 aromatic carbocycles. The Morgan fingerprint density at radius 3 is 3.00 bits per heavy atom. The van der Waals surface area contributed by atoms with E-state index in [4.69, 9.17) is 4.74 Å². The first-order chi connectivity index (χ1) is 13.8. The Bertz CT molecular complexity index is 908. The molecule has 2 N–H and O–H groups in total. The van der Waals surface area contributed by atoms with E-state index >= 15 is 0 Å². The number of aryl methyl sites for hydroxylation is 1. The minimum Gasteiger partial charge on any atom is -0.493 e. The quantitative estimate of drug-likeness (QED) is 0.797. The van der Waals surface area contributed by atoms with Gasteiger partial charge in [-0.2, -0.15) is 0 Å². The molecule has 29 heavy (non-hydrogen) atoms. The fourth-order valence-electron chi connectivity index (χ4n) is 3.87. The highest BCUT2D eigenvalue weighted by Gasteiger charge is 2.34. The first-order valence-corrected chi connectivity index (χ1v) is 9.78. The Morgan fingerprint density at radius 1 is 1.45 bits per heavy atom. The number of aromatic nitrogens is 3. The number of amides is 2. The van der Waals surface area contributed by atoms with E-state index in [1.807, 2.05) is 0 Å². The van der Waals surface area contributed by atoms with Crippen LogP contribution in [0.15, 0.2) is 23.4 Å². The lowest BCUT2D eigenvalue weighted by Crippen LogP contribution is -2.48. The summed E-state index contributed by atoms with van der Waals surface area (Å²) in [6.45, 7) is 3.95. The van der Waals surface area contributed by atoms with Gasteiger partial charge < -0.3 is 15.4 Å². The van der Waals surface area contributed by atoms with Crippen molar-refractivity contribution in [3.63, 3.8) is 0 Å². The van der Waals surface area contributed by atoms with Gasteiger partial charge in [0.1, 0.15) is 41.9 Å². The van der Waals surface area contributed by atoms with E-state index in [-0.39, 0.29) is 36.4 Å². The Hall–Kier alpha value is -2.78. The second-order valence-corrected chi connectivity index (χ2v) is 7.86. The summed E-state index contributed by atoms with van der Waals surface area (Å²) in [6.07, 6.45) is 1.78. The lowest BCUT2D eigenvalue weighted by Gasteiger charge is -2.26. The molecule has 0 saturated carbocycles. The number of carbonyl (C=O) groups is 2. The van der Waals surface area contributed by atoms with Crippen molar-refractivity contribution in [2.45, 2.75) is 57.8 Å². The second kappa shape index (κ2) is 7.57. The lowest BCUT2D eigenvalue weighted by molar-refractivity contribution is -0.122. The molecule has 1 aliphatic carbocycles. The molecule has 1 aromatic heterocycles. The van der Waals surface area contributed by atoms with Crippen LogP contribution in [0.4, 0.5) is 8.78 Å². The van der Waals surface area contributed by atoms with Crippen molar-refractivity contribution in [1.82, 2.24) is 25.4 Å². The van der Waals surface area contributed by atoms with Crippen LogP contribution in [0.25, 0.3) is 0 Å². The zero-order valence-corrected chi connectivity index (χ0v) is 16.2. The van der Waals surface area contributed by atoms with Crippen LogP contribution < -0.4 is 10.6 Å². The van der Waals surface area contributed by atoms with Gasteiger partial charge in [0.15, 0.2) is 0 Å². The SMILES string of the molecule is CC(C)[C@@H]1CCCc2nc(C(=O)N[C@H]3COC4=C(NC3=O)C(F)=CC(F)C4)nn21. The van der Waals surface area contributed by atoms with Gasteiger partial charge in [0.05, 0.1) is 6.04 Å². The number of allylic oxidation sites excluding steroid dienone is 3. The molecule has 0 bridgehead atoms. The number of alkyl halides is 1. The van der Waals surface area contributed by atoms with E-state index in [2.05, 4.69) is 34.6 Å². The fraction of sp³-hybridized carbons (Fsp3) is 0.579. The maximum absolute atomic E-state index is 14.0. The molecule has 8 nitrogen and oxygen atoms in total. The number of ether oxygens (including phenoxy) is 1. The van der Waals surface area contributed by atoms with Crippen LogP contribution >= 0.6 is 0 Å². The molecule has 0 radical (unpaired) electrons. The summed E-state index contributed by atoms with van der Waals surface area (Å²) in [5.41, 5.74) is -0.184. The zero-order chi connectivity index (χ0) is 20.7. The summed E-state index contributed by atoms with van der Waals surface area (Å²) in [5.74, 6) is -1.03. The molecule has 2 aliphatic heterocycles. The van der Waals surface area contributed by atoms with Crippen LogP contribution in [0, 0.1) is 5.92 Å². The monoisotopic (exact) mass is 407 g/mol. The highest BCUT2D eigenvalue weighted by atomic mass is 19.1. The van der Waals surface area contributed by atoms with Crippen LogP contribution in [0.2, 0.25) is 0 Å². The molecule has 1 unspecified atom stereocenters. The van der Waals surface area contributed by atoms with E-state index in [1.54, 1.807) is 4.68 Å². The van der Waals surface area contributed by atoms with Crippen molar-refractivity contribution in [1.29, 1.82) is 0 Å². The highest BCUT2D eigenvalue weighted by Crippen LogP contribution is 2.30. The van der Waals surface area contributed by atoms with Gasteiger partial charge in [-0.3, -0.25) is 9.59 Å². The average Bonchev–Trinajstić information content (AvgIpc) is 3.04. The molecule has 0 saturated heterocycles. The molecule has 156 valence electrons. The van der Waals surface area contributed by atoms with Crippen molar-refractivity contribution in [2.24, 2.45) is 5.92 Å². The van der Waals surface area contributed by atoms with Crippen LogP contribution in [-0.4, -0.2) is 45.4 Å². The van der Waals surface area contributed by atoms with Crippen molar-refractivity contribution in [3.05, 3.63) is 35.0 Å². The van der Waals surface area contributed by atoms with Gasteiger partial charge in [-0.05, 0) is 24.8 Å². The molecule has 2 amide bonds. The fourth-order valence-corrected chi connectivity index (χ4v) is 3.87. The zero-order valence-electron chi connectivity index (χ0n) is 16.2. The predicted molar refractivity (Wildman–Crippen MR) is 97.9 cm³/mol. The number of carbonyl (C=O) groups excluding carboxylic acids is 2. The van der Waals surface area contributed by atoms with Gasteiger partial charge in [0.25, 0.3) is 11.8 Å². The summed E-state index contributed by atoms with van der Waals surface area (Å²) in [6, 6.07) is -0.906. The van der Waals surface area contributed by atoms with Gasteiger partial charge >= 0.3 is 0 Å². The Kier molecular flexibility index (Phi) is 5.10. The highest BCUT2D eigenvalue weighted by molar-refractivity contribution is 5.95. The Balaban J connectivity index is 1.47. The first kappa shape index (κ1) is 19.5. The number of halogens is 2. The van der Waals surface area contributed by atoms with Crippen LogP contribution in [0.3, 0.4) is 0 Å². The largest absolute Gasteiger partial charge is 0.493 e. The Labute approximate surface area is 166 Å². The van der Waals surface area contributed by atoms with E-state index in [0.29, 0.717) is 5.92 Å². The number of nitrogens with zero attached hydrogens (tertiary/aromatic N) is 3. The van der Waals surface area contributed by atoms with E-state index in [1.165, 1.54) is 0 Å². The minimum atomic E-state index is -1.52. The normalized spacial score (nSPS) is 26.7. The third kappa shape index (κ3) is 3.75. The summed E-state index contributed by atoms with van der Waals surface area (Å²) < 4.78 is 34.7. The number of rotatable bonds is 3. The van der Waals surface area contributed by atoms with E-state index in [9.17, 15) is 18.4 Å². The van der Waals surface area contributed by atoms with Gasteiger partial charge in [0.2, 0.25) is 5.82 Å². The molecule has 3 atom stereocenters. The molecule has 3 aliphatic rings. The number of fused-ring (bicyclic) bond motifs is 1. The molecule has 0 spiro atoms. The van der Waals surface area contributed by atoms with Gasteiger partial charge in [0, 0.05) is 12.8 Å². The van der Waals surface area contributed by atoms with Gasteiger partial charge in [-0.1, -0.05) is 13.8 Å². The lowest BCUT2D eigenvalue weighted by atomic mass is 9.95. The standard InChI is InChI=1S/C19H23F2N5O3/c1-9(2)13-4-3-5-15-23-17(25-26(13)15)19(28)22-12-8-29-14-7-10(20)6-11(21)16(14)24-18(12)27/h6,9-10,12-13H,3-5,7-8H2,1-2H3,(H,22,28)(H,24,27)/t10?,12-,13-/m0/s1. The van der Waals surface area contributed by atoms with Crippen molar-refractivity contribution in [2.75, 3.05) is 6.61 Å². The van der Waals surface area contributed by atoms with Crippen molar-refractivity contribution < 1.29 is 23.1 Å². The van der Waals surface area contributed by atoms with Crippen molar-refractivity contribution >= 4 is 11.8 Å². The molecule has 0 fully saturated rings.